The van der Waals surface area contributed by atoms with Crippen LogP contribution >= 0.6 is 15.9 Å². The van der Waals surface area contributed by atoms with Crippen LogP contribution in [0.3, 0.4) is 0 Å². The first-order valence-corrected chi connectivity index (χ1v) is 9.32. The highest BCUT2D eigenvalue weighted by atomic mass is 79.9. The second kappa shape index (κ2) is 6.37. The van der Waals surface area contributed by atoms with Gasteiger partial charge in [-0.05, 0) is 57.0 Å². The van der Waals surface area contributed by atoms with Crippen LogP contribution in [0.2, 0.25) is 0 Å². The molecule has 5 rings (SSSR count). The van der Waals surface area contributed by atoms with Crippen molar-refractivity contribution >= 4 is 21.8 Å². The maximum atomic E-state index is 12.6. The van der Waals surface area contributed by atoms with Gasteiger partial charge in [0, 0.05) is 22.1 Å². The van der Waals surface area contributed by atoms with Crippen LogP contribution in [0.5, 0.6) is 0 Å². The summed E-state index contributed by atoms with van der Waals surface area (Å²) >= 11 is 3.52. The minimum Gasteiger partial charge on any atom is -0.451 e. The van der Waals surface area contributed by atoms with Crippen molar-refractivity contribution in [3.05, 3.63) is 46.6 Å². The molecule has 0 aliphatic carbocycles. The molecule has 126 valence electrons. The van der Waals surface area contributed by atoms with E-state index >= 15 is 0 Å². The zero-order valence-corrected chi connectivity index (χ0v) is 15.3. The average Bonchev–Trinajstić information content (AvgIpc) is 3.09. The molecule has 5 heteroatoms. The summed E-state index contributed by atoms with van der Waals surface area (Å²) in [5.74, 6) is 1.56. The Morgan fingerprint density at radius 1 is 1.21 bits per heavy atom. The van der Waals surface area contributed by atoms with Gasteiger partial charge in [-0.3, -0.25) is 9.69 Å². The van der Waals surface area contributed by atoms with Crippen molar-refractivity contribution < 1.29 is 9.21 Å². The van der Waals surface area contributed by atoms with Crippen molar-refractivity contribution in [2.45, 2.75) is 31.8 Å². The largest absolute Gasteiger partial charge is 0.451 e. The van der Waals surface area contributed by atoms with Crippen molar-refractivity contribution in [2.24, 2.45) is 5.92 Å². The maximum Gasteiger partial charge on any atom is 0.287 e. The summed E-state index contributed by atoms with van der Waals surface area (Å²) in [4.78, 5) is 15.1. The number of rotatable bonds is 3. The van der Waals surface area contributed by atoms with Gasteiger partial charge in [-0.25, -0.2) is 0 Å². The van der Waals surface area contributed by atoms with E-state index in [9.17, 15) is 4.79 Å². The average molecular weight is 389 g/mol. The number of piperidine rings is 3. The van der Waals surface area contributed by atoms with Gasteiger partial charge in [0.05, 0.1) is 0 Å². The second-order valence-electron chi connectivity index (χ2n) is 6.76. The number of carbonyl (C=O) groups is 1. The third kappa shape index (κ3) is 2.80. The van der Waals surface area contributed by atoms with Gasteiger partial charge >= 0.3 is 0 Å². The predicted octanol–water partition coefficient (Wildman–Crippen LogP) is 3.92. The molecule has 4 nitrogen and oxygen atoms in total. The van der Waals surface area contributed by atoms with E-state index in [2.05, 4.69) is 33.1 Å². The van der Waals surface area contributed by atoms with Gasteiger partial charge in [0.15, 0.2) is 5.76 Å². The van der Waals surface area contributed by atoms with E-state index in [1.165, 1.54) is 12.8 Å². The summed E-state index contributed by atoms with van der Waals surface area (Å²) in [5, 5.41) is 3.21. The molecule has 1 aromatic heterocycles. The summed E-state index contributed by atoms with van der Waals surface area (Å²) in [6.07, 6.45) is 2.35. The Morgan fingerprint density at radius 3 is 2.67 bits per heavy atom. The maximum absolute atomic E-state index is 12.6. The molecule has 2 aromatic rings. The zero-order valence-electron chi connectivity index (χ0n) is 13.7. The SMILES string of the molecule is CC1C(NC(=O)c2ccc(-c3ccccc3Br)o2)C2CCN1CC2. The molecule has 4 heterocycles. The Morgan fingerprint density at radius 2 is 1.96 bits per heavy atom. The normalized spacial score (nSPS) is 28.8. The number of carbonyl (C=O) groups excluding carboxylic acids is 1. The third-order valence-corrected chi connectivity index (χ3v) is 6.14. The summed E-state index contributed by atoms with van der Waals surface area (Å²) in [6, 6.07) is 12.1. The van der Waals surface area contributed by atoms with Gasteiger partial charge in [-0.1, -0.05) is 34.1 Å². The highest BCUT2D eigenvalue weighted by molar-refractivity contribution is 9.10. The highest BCUT2D eigenvalue weighted by Crippen LogP contribution is 2.33. The molecule has 3 saturated heterocycles. The zero-order chi connectivity index (χ0) is 16.7. The summed E-state index contributed by atoms with van der Waals surface area (Å²) in [5.41, 5.74) is 0.952. The Hall–Kier alpha value is -1.59. The molecule has 1 amide bonds. The highest BCUT2D eigenvalue weighted by Gasteiger charge is 2.40. The fourth-order valence-corrected chi connectivity index (χ4v) is 4.51. The van der Waals surface area contributed by atoms with Crippen LogP contribution in [0.4, 0.5) is 0 Å². The molecule has 24 heavy (non-hydrogen) atoms. The van der Waals surface area contributed by atoms with Crippen molar-refractivity contribution in [3.8, 4) is 11.3 Å². The molecule has 2 atom stereocenters. The lowest BCUT2D eigenvalue weighted by atomic mass is 9.79. The van der Waals surface area contributed by atoms with Gasteiger partial charge in [0.25, 0.3) is 5.91 Å². The molecular weight excluding hydrogens is 368 g/mol. The van der Waals surface area contributed by atoms with Crippen LogP contribution in [-0.2, 0) is 0 Å². The molecule has 3 fully saturated rings. The van der Waals surface area contributed by atoms with Crippen LogP contribution in [0.1, 0.15) is 30.3 Å². The molecule has 2 unspecified atom stereocenters. The van der Waals surface area contributed by atoms with E-state index in [0.717, 1.165) is 23.1 Å². The fourth-order valence-electron chi connectivity index (χ4n) is 4.03. The van der Waals surface area contributed by atoms with E-state index < -0.39 is 0 Å². The molecule has 0 spiro atoms. The van der Waals surface area contributed by atoms with Crippen LogP contribution in [0.15, 0.2) is 45.3 Å². The van der Waals surface area contributed by atoms with Crippen molar-refractivity contribution in [3.63, 3.8) is 0 Å². The van der Waals surface area contributed by atoms with Crippen molar-refractivity contribution in [1.29, 1.82) is 0 Å². The second-order valence-corrected chi connectivity index (χ2v) is 7.61. The Labute approximate surface area is 150 Å². The smallest absolute Gasteiger partial charge is 0.287 e. The van der Waals surface area contributed by atoms with E-state index in [1.54, 1.807) is 6.07 Å². The van der Waals surface area contributed by atoms with Crippen LogP contribution in [0.25, 0.3) is 11.3 Å². The number of hydrogen-bond donors (Lipinski definition) is 1. The van der Waals surface area contributed by atoms with Gasteiger partial charge in [0.2, 0.25) is 0 Å². The molecule has 0 saturated carbocycles. The lowest BCUT2D eigenvalue weighted by Crippen LogP contribution is -2.62. The quantitative estimate of drug-likeness (QED) is 0.866. The predicted molar refractivity (Wildman–Crippen MR) is 96.9 cm³/mol. The van der Waals surface area contributed by atoms with Crippen molar-refractivity contribution in [1.82, 2.24) is 10.2 Å². The first-order valence-electron chi connectivity index (χ1n) is 8.53. The van der Waals surface area contributed by atoms with E-state index in [4.69, 9.17) is 4.42 Å². The topological polar surface area (TPSA) is 45.5 Å². The molecular formula is C19H21BrN2O2. The van der Waals surface area contributed by atoms with Crippen molar-refractivity contribution in [2.75, 3.05) is 13.1 Å². The van der Waals surface area contributed by atoms with E-state index in [0.29, 0.717) is 23.5 Å². The first kappa shape index (κ1) is 15.9. The van der Waals surface area contributed by atoms with Gasteiger partial charge in [-0.15, -0.1) is 0 Å². The Kier molecular flexibility index (Phi) is 4.22. The number of nitrogens with one attached hydrogen (secondary N) is 1. The van der Waals surface area contributed by atoms with Crippen LogP contribution in [-0.4, -0.2) is 36.0 Å². The van der Waals surface area contributed by atoms with Crippen LogP contribution < -0.4 is 5.32 Å². The van der Waals surface area contributed by atoms with Gasteiger partial charge in [-0.2, -0.15) is 0 Å². The fraction of sp³-hybridized carbons (Fsp3) is 0.421. The molecule has 2 bridgehead atoms. The number of fused-ring (bicyclic) bond motifs is 3. The van der Waals surface area contributed by atoms with Gasteiger partial charge in [0.1, 0.15) is 5.76 Å². The molecule has 1 N–H and O–H groups in total. The number of furan rings is 1. The summed E-state index contributed by atoms with van der Waals surface area (Å²) < 4.78 is 6.77. The summed E-state index contributed by atoms with van der Waals surface area (Å²) in [7, 11) is 0. The third-order valence-electron chi connectivity index (χ3n) is 5.44. The number of amides is 1. The minimum absolute atomic E-state index is 0.112. The molecule has 3 aliphatic heterocycles. The monoisotopic (exact) mass is 388 g/mol. The Balaban J connectivity index is 1.51. The van der Waals surface area contributed by atoms with E-state index in [-0.39, 0.29) is 11.9 Å². The lowest BCUT2D eigenvalue weighted by Gasteiger charge is -2.49. The first-order chi connectivity index (χ1) is 11.6. The number of hydrogen-bond acceptors (Lipinski definition) is 3. The van der Waals surface area contributed by atoms with Gasteiger partial charge < -0.3 is 9.73 Å². The molecule has 1 aromatic carbocycles. The number of nitrogens with zero attached hydrogens (tertiary/aromatic N) is 1. The lowest BCUT2D eigenvalue weighted by molar-refractivity contribution is 0.0211. The molecule has 3 aliphatic rings. The van der Waals surface area contributed by atoms with E-state index in [1.807, 2.05) is 30.3 Å². The standard InChI is InChI=1S/C19H21BrN2O2/c1-12-18(13-8-10-22(12)11-9-13)21-19(23)17-7-6-16(24-17)14-4-2-3-5-15(14)20/h2-7,12-13,18H,8-11H2,1H3,(H,21,23). The summed E-state index contributed by atoms with van der Waals surface area (Å²) in [6.45, 7) is 4.53. The van der Waals surface area contributed by atoms with Crippen LogP contribution in [0, 0.1) is 5.92 Å². The number of benzene rings is 1. The Bertz CT molecular complexity index is 747. The molecule has 0 radical (unpaired) electrons. The number of halogens is 1. The minimum atomic E-state index is -0.112.